The molecule has 5 heteroatoms. The molecule has 0 aliphatic rings. The van der Waals surface area contributed by atoms with Crippen LogP contribution in [0.3, 0.4) is 0 Å². The normalized spacial score (nSPS) is 11.4. The fourth-order valence-electron chi connectivity index (χ4n) is 2.47. The highest BCUT2D eigenvalue weighted by molar-refractivity contribution is 7.14. The Labute approximate surface area is 146 Å². The van der Waals surface area contributed by atoms with Gasteiger partial charge in [0.1, 0.15) is 0 Å². The van der Waals surface area contributed by atoms with E-state index in [0.29, 0.717) is 17.7 Å². The van der Waals surface area contributed by atoms with Crippen LogP contribution < -0.4 is 5.32 Å². The average molecular weight is 339 g/mol. The van der Waals surface area contributed by atoms with E-state index in [-0.39, 0.29) is 5.91 Å². The van der Waals surface area contributed by atoms with Crippen molar-refractivity contribution < 1.29 is 4.79 Å². The van der Waals surface area contributed by atoms with Crippen molar-refractivity contribution in [2.45, 2.75) is 19.9 Å². The van der Waals surface area contributed by atoms with Crippen LogP contribution >= 0.6 is 11.3 Å². The second-order valence-electron chi connectivity index (χ2n) is 6.12. The first-order valence-corrected chi connectivity index (χ1v) is 8.86. The van der Waals surface area contributed by atoms with Crippen LogP contribution in [0.2, 0.25) is 0 Å². The number of rotatable bonds is 5. The highest BCUT2D eigenvalue weighted by atomic mass is 32.1. The molecular weight excluding hydrogens is 318 g/mol. The molecule has 0 spiro atoms. The maximum absolute atomic E-state index is 12.1. The summed E-state index contributed by atoms with van der Waals surface area (Å²) in [5.74, 6) is -0.0370. The molecule has 0 atom stereocenters. The van der Waals surface area contributed by atoms with Crippen molar-refractivity contribution >= 4 is 33.1 Å². The summed E-state index contributed by atoms with van der Waals surface area (Å²) in [6.07, 6.45) is 0. The monoisotopic (exact) mass is 339 g/mol. The molecular formula is C19H21N3OS. The molecule has 0 aliphatic carbocycles. The fourth-order valence-corrected chi connectivity index (χ4v) is 3.20. The quantitative estimate of drug-likeness (QED) is 0.756. The number of anilines is 1. The van der Waals surface area contributed by atoms with E-state index in [9.17, 15) is 4.79 Å². The third-order valence-electron chi connectivity index (χ3n) is 4.09. The van der Waals surface area contributed by atoms with Crippen LogP contribution in [0.15, 0.2) is 47.8 Å². The predicted molar refractivity (Wildman–Crippen MR) is 101 cm³/mol. The van der Waals surface area contributed by atoms with Gasteiger partial charge >= 0.3 is 0 Å². The first-order valence-electron chi connectivity index (χ1n) is 7.98. The zero-order chi connectivity index (χ0) is 17.1. The predicted octanol–water partition coefficient (Wildman–Crippen LogP) is 4.24. The maximum atomic E-state index is 12.1. The van der Waals surface area contributed by atoms with Gasteiger partial charge in [-0.15, -0.1) is 11.3 Å². The largest absolute Gasteiger partial charge is 0.301 e. The lowest BCUT2D eigenvalue weighted by Gasteiger charge is -2.19. The Hall–Kier alpha value is -2.24. The lowest BCUT2D eigenvalue weighted by atomic mass is 10.0. The lowest BCUT2D eigenvalue weighted by Crippen LogP contribution is -2.34. The summed E-state index contributed by atoms with van der Waals surface area (Å²) in [7, 11) is 1.94. The zero-order valence-electron chi connectivity index (χ0n) is 14.1. The molecule has 0 saturated carbocycles. The zero-order valence-corrected chi connectivity index (χ0v) is 14.9. The molecule has 1 aromatic heterocycles. The van der Waals surface area contributed by atoms with Crippen molar-refractivity contribution in [2.75, 3.05) is 18.9 Å². The summed E-state index contributed by atoms with van der Waals surface area (Å²) in [6.45, 7) is 4.49. The van der Waals surface area contributed by atoms with Gasteiger partial charge in [-0.25, -0.2) is 4.98 Å². The third-order valence-corrected chi connectivity index (χ3v) is 4.85. The van der Waals surface area contributed by atoms with Gasteiger partial charge in [-0.1, -0.05) is 42.5 Å². The van der Waals surface area contributed by atoms with E-state index in [1.807, 2.05) is 35.5 Å². The smallest absolute Gasteiger partial charge is 0.240 e. The molecule has 0 radical (unpaired) electrons. The number of thiazole rings is 1. The summed E-state index contributed by atoms with van der Waals surface area (Å²) >= 11 is 1.46. The fraction of sp³-hybridized carbons (Fsp3) is 0.263. The Balaban J connectivity index is 1.79. The molecule has 1 heterocycles. The second-order valence-corrected chi connectivity index (χ2v) is 6.98. The number of fused-ring (bicyclic) bond motifs is 1. The van der Waals surface area contributed by atoms with Crippen molar-refractivity contribution in [1.29, 1.82) is 0 Å². The number of nitrogens with one attached hydrogen (secondary N) is 1. The van der Waals surface area contributed by atoms with Gasteiger partial charge in [-0.3, -0.25) is 9.69 Å². The van der Waals surface area contributed by atoms with Crippen LogP contribution in [0.4, 0.5) is 5.13 Å². The van der Waals surface area contributed by atoms with Gasteiger partial charge in [0.2, 0.25) is 5.91 Å². The second kappa shape index (κ2) is 7.11. The number of likely N-dealkylation sites (N-methyl/N-ethyl adjacent to an activating group) is 1. The van der Waals surface area contributed by atoms with E-state index >= 15 is 0 Å². The van der Waals surface area contributed by atoms with Crippen LogP contribution in [0.5, 0.6) is 0 Å². The van der Waals surface area contributed by atoms with Gasteiger partial charge in [0.05, 0.1) is 12.2 Å². The number of benzene rings is 2. The van der Waals surface area contributed by atoms with Crippen molar-refractivity contribution in [2.24, 2.45) is 0 Å². The topological polar surface area (TPSA) is 45.2 Å². The van der Waals surface area contributed by atoms with Gasteiger partial charge in [-0.2, -0.15) is 0 Å². The molecule has 0 bridgehead atoms. The molecule has 24 heavy (non-hydrogen) atoms. The molecule has 4 nitrogen and oxygen atoms in total. The molecule has 3 aromatic rings. The van der Waals surface area contributed by atoms with E-state index < -0.39 is 0 Å². The Kier molecular flexibility index (Phi) is 4.92. The molecule has 1 N–H and O–H groups in total. The maximum Gasteiger partial charge on any atom is 0.240 e. The molecule has 0 unspecified atom stereocenters. The minimum absolute atomic E-state index is 0.0370. The number of aromatic nitrogens is 1. The summed E-state index contributed by atoms with van der Waals surface area (Å²) in [5.41, 5.74) is 1.98. The Morgan fingerprint density at radius 3 is 2.75 bits per heavy atom. The molecule has 0 saturated heterocycles. The first kappa shape index (κ1) is 16.6. The molecule has 124 valence electrons. The van der Waals surface area contributed by atoms with E-state index in [4.69, 9.17) is 0 Å². The average Bonchev–Trinajstić information content (AvgIpc) is 3.02. The number of hydrogen-bond acceptors (Lipinski definition) is 4. The molecule has 0 fully saturated rings. The van der Waals surface area contributed by atoms with Gasteiger partial charge in [0, 0.05) is 17.0 Å². The molecule has 3 rings (SSSR count). The Morgan fingerprint density at radius 1 is 1.21 bits per heavy atom. The van der Waals surface area contributed by atoms with Crippen molar-refractivity contribution in [3.8, 4) is 11.3 Å². The van der Waals surface area contributed by atoms with Gasteiger partial charge in [-0.05, 0) is 31.7 Å². The van der Waals surface area contributed by atoms with Crippen LogP contribution in [0.25, 0.3) is 22.0 Å². The van der Waals surface area contributed by atoms with E-state index in [1.54, 1.807) is 0 Å². The van der Waals surface area contributed by atoms with E-state index in [2.05, 4.69) is 48.4 Å². The van der Waals surface area contributed by atoms with Crippen LogP contribution in [-0.2, 0) is 4.79 Å². The Bertz CT molecular complexity index is 851. The highest BCUT2D eigenvalue weighted by Gasteiger charge is 2.12. The van der Waals surface area contributed by atoms with Crippen LogP contribution in [-0.4, -0.2) is 35.4 Å². The molecule has 0 aliphatic heterocycles. The lowest BCUT2D eigenvalue weighted by molar-refractivity contribution is -0.117. The number of nitrogens with zero attached hydrogens (tertiary/aromatic N) is 2. The van der Waals surface area contributed by atoms with Crippen molar-refractivity contribution in [1.82, 2.24) is 9.88 Å². The summed E-state index contributed by atoms with van der Waals surface area (Å²) in [6, 6.07) is 14.8. The van der Waals surface area contributed by atoms with E-state index in [1.165, 1.54) is 22.1 Å². The molecule has 1 amide bonds. The minimum Gasteiger partial charge on any atom is -0.301 e. The van der Waals surface area contributed by atoms with Gasteiger partial charge in [0.15, 0.2) is 5.13 Å². The highest BCUT2D eigenvalue weighted by Crippen LogP contribution is 2.30. The first-order chi connectivity index (χ1) is 11.5. The summed E-state index contributed by atoms with van der Waals surface area (Å²) < 4.78 is 0. The van der Waals surface area contributed by atoms with Crippen LogP contribution in [0.1, 0.15) is 13.8 Å². The number of carbonyl (C=O) groups excluding carboxylic acids is 1. The number of amides is 1. The third kappa shape index (κ3) is 3.63. The van der Waals surface area contributed by atoms with Gasteiger partial charge < -0.3 is 5.32 Å². The van der Waals surface area contributed by atoms with Crippen LogP contribution in [0, 0.1) is 0 Å². The summed E-state index contributed by atoms with van der Waals surface area (Å²) in [4.78, 5) is 18.7. The summed E-state index contributed by atoms with van der Waals surface area (Å²) in [5, 5.41) is 7.88. The Morgan fingerprint density at radius 2 is 1.96 bits per heavy atom. The number of hydrogen-bond donors (Lipinski definition) is 1. The van der Waals surface area contributed by atoms with Crippen molar-refractivity contribution in [3.05, 3.63) is 47.8 Å². The number of carbonyl (C=O) groups is 1. The van der Waals surface area contributed by atoms with Crippen molar-refractivity contribution in [3.63, 3.8) is 0 Å². The standard InChI is InChI=1S/C19H21N3OS/c1-13(2)22(3)11-18(23)21-19-20-17(12-24-19)16-10-6-8-14-7-4-5-9-15(14)16/h4-10,12-13H,11H2,1-3H3,(H,20,21,23). The van der Waals surface area contributed by atoms with Gasteiger partial charge in [0.25, 0.3) is 0 Å². The van der Waals surface area contributed by atoms with E-state index in [0.717, 1.165) is 11.3 Å². The minimum atomic E-state index is -0.0370. The molecule has 2 aromatic carbocycles. The SMILES string of the molecule is CC(C)N(C)CC(=O)Nc1nc(-c2cccc3ccccc23)cs1.